The molecule has 0 aromatic carbocycles. The summed E-state index contributed by atoms with van der Waals surface area (Å²) in [6.45, 7) is 3.42. The van der Waals surface area contributed by atoms with Crippen LogP contribution in [0, 0.1) is 0 Å². The van der Waals surface area contributed by atoms with Gasteiger partial charge in [0.15, 0.2) is 5.88 Å². The highest BCUT2D eigenvalue weighted by Crippen LogP contribution is 2.33. The van der Waals surface area contributed by atoms with Crippen molar-refractivity contribution in [3.05, 3.63) is 22.8 Å². The molecule has 0 saturated carbocycles. The van der Waals surface area contributed by atoms with E-state index in [9.17, 15) is 14.7 Å². The lowest BCUT2D eigenvalue weighted by Crippen LogP contribution is -2.35. The topological polar surface area (TPSA) is 86.0 Å². The lowest BCUT2D eigenvalue weighted by molar-refractivity contribution is -0.305. The number of furan rings is 1. The Morgan fingerprint density at radius 2 is 2.04 bits per heavy atom. The van der Waals surface area contributed by atoms with Gasteiger partial charge >= 0.3 is 0 Å². The van der Waals surface area contributed by atoms with Crippen molar-refractivity contribution in [2.24, 2.45) is 0 Å². The monoisotopic (exact) mass is 409 g/mol. The van der Waals surface area contributed by atoms with Crippen LogP contribution in [-0.4, -0.2) is 53.9 Å². The third kappa shape index (κ3) is 5.33. The van der Waals surface area contributed by atoms with Crippen molar-refractivity contribution in [3.8, 4) is 0 Å². The van der Waals surface area contributed by atoms with E-state index in [1.165, 1.54) is 11.8 Å². The molecule has 2 aliphatic heterocycles. The van der Waals surface area contributed by atoms with E-state index in [1.54, 1.807) is 11.0 Å². The SMILES string of the molecule is O=C([O-])CCCCCN1C(=O)/C(=C/c2ccc(N3CCOCC3)o2)SC1=S. The van der Waals surface area contributed by atoms with Crippen molar-refractivity contribution in [2.45, 2.75) is 25.7 Å². The molecule has 2 fully saturated rings. The molecule has 1 aromatic heterocycles. The maximum absolute atomic E-state index is 12.6. The molecule has 0 atom stereocenters. The van der Waals surface area contributed by atoms with E-state index < -0.39 is 5.97 Å². The molecule has 0 aliphatic carbocycles. The van der Waals surface area contributed by atoms with Crippen LogP contribution < -0.4 is 10.0 Å². The van der Waals surface area contributed by atoms with E-state index in [2.05, 4.69) is 4.90 Å². The third-order valence-corrected chi connectivity index (χ3v) is 5.72. The van der Waals surface area contributed by atoms with Gasteiger partial charge in [0.1, 0.15) is 10.1 Å². The molecule has 0 spiro atoms. The number of unbranched alkanes of at least 4 members (excludes halogenated alkanes) is 2. The number of thioether (sulfide) groups is 1. The first-order valence-corrected chi connectivity index (χ1v) is 10.1. The summed E-state index contributed by atoms with van der Waals surface area (Å²) < 4.78 is 11.7. The fourth-order valence-corrected chi connectivity index (χ4v) is 4.20. The van der Waals surface area contributed by atoms with Gasteiger partial charge in [-0.25, -0.2) is 0 Å². The second-order valence-corrected chi connectivity index (χ2v) is 7.97. The summed E-state index contributed by atoms with van der Waals surface area (Å²) >= 11 is 6.57. The summed E-state index contributed by atoms with van der Waals surface area (Å²) in [5, 5.41) is 10.4. The van der Waals surface area contributed by atoms with Crippen LogP contribution in [0.5, 0.6) is 0 Å². The molecular formula is C18H21N2O5S2-. The summed E-state index contributed by atoms with van der Waals surface area (Å²) in [5.74, 6) is 0.214. The quantitative estimate of drug-likeness (QED) is 0.364. The number of carbonyl (C=O) groups is 2. The standard InChI is InChI=1S/C18H22N2O5S2/c21-16(22)4-2-1-3-7-20-17(23)14(27-18(20)26)12-13-5-6-15(25-13)19-8-10-24-11-9-19/h5-6,12H,1-4,7-11H2,(H,21,22)/p-1/b14-12-. The van der Waals surface area contributed by atoms with Gasteiger partial charge in [-0.3, -0.25) is 9.69 Å². The number of carboxylic acid groups (broad SMARTS) is 1. The number of nitrogens with zero attached hydrogens (tertiary/aromatic N) is 2. The zero-order chi connectivity index (χ0) is 19.2. The van der Waals surface area contributed by atoms with Gasteiger partial charge in [0.25, 0.3) is 5.91 Å². The normalized spacial score (nSPS) is 19.3. The van der Waals surface area contributed by atoms with Gasteiger partial charge in [-0.2, -0.15) is 0 Å². The Bertz CT molecular complexity index is 740. The van der Waals surface area contributed by atoms with Crippen LogP contribution in [0.25, 0.3) is 6.08 Å². The van der Waals surface area contributed by atoms with Crippen molar-refractivity contribution < 1.29 is 23.8 Å². The third-order valence-electron chi connectivity index (χ3n) is 4.34. The summed E-state index contributed by atoms with van der Waals surface area (Å²) in [7, 11) is 0. The number of hydrogen-bond acceptors (Lipinski definition) is 8. The molecule has 3 rings (SSSR count). The first-order valence-electron chi connectivity index (χ1n) is 8.92. The summed E-state index contributed by atoms with van der Waals surface area (Å²) in [4.78, 5) is 27.2. The fraction of sp³-hybridized carbons (Fsp3) is 0.500. The minimum atomic E-state index is -1.04. The van der Waals surface area contributed by atoms with Crippen LogP contribution in [0.1, 0.15) is 31.4 Å². The van der Waals surface area contributed by atoms with Gasteiger partial charge in [0.05, 0.1) is 18.1 Å². The summed E-state index contributed by atoms with van der Waals surface area (Å²) in [5.41, 5.74) is 0. The number of ether oxygens (including phenoxy) is 1. The predicted octanol–water partition coefficient (Wildman–Crippen LogP) is 1.63. The van der Waals surface area contributed by atoms with Crippen LogP contribution in [-0.2, 0) is 14.3 Å². The molecule has 146 valence electrons. The van der Waals surface area contributed by atoms with Crippen LogP contribution in [0.4, 0.5) is 5.88 Å². The molecule has 0 radical (unpaired) electrons. The number of rotatable bonds is 8. The lowest BCUT2D eigenvalue weighted by Gasteiger charge is -2.26. The number of amides is 1. The van der Waals surface area contributed by atoms with Crippen molar-refractivity contribution in [1.82, 2.24) is 4.90 Å². The molecule has 27 heavy (non-hydrogen) atoms. The maximum Gasteiger partial charge on any atom is 0.266 e. The highest BCUT2D eigenvalue weighted by molar-refractivity contribution is 8.26. The first-order chi connectivity index (χ1) is 13.0. The van der Waals surface area contributed by atoms with Crippen molar-refractivity contribution in [3.63, 3.8) is 0 Å². The van der Waals surface area contributed by atoms with E-state index in [4.69, 9.17) is 21.4 Å². The minimum absolute atomic E-state index is 0.0439. The number of carbonyl (C=O) groups excluding carboxylic acids is 2. The summed E-state index contributed by atoms with van der Waals surface area (Å²) in [6, 6.07) is 3.74. The van der Waals surface area contributed by atoms with E-state index >= 15 is 0 Å². The Balaban J connectivity index is 1.56. The number of thiocarbonyl (C=S) groups is 1. The molecule has 0 N–H and O–H groups in total. The zero-order valence-corrected chi connectivity index (χ0v) is 16.5. The molecular weight excluding hydrogens is 388 g/mol. The number of hydrogen-bond donors (Lipinski definition) is 0. The van der Waals surface area contributed by atoms with Crippen LogP contribution in [0.3, 0.4) is 0 Å². The van der Waals surface area contributed by atoms with Gasteiger partial charge < -0.3 is 24.0 Å². The number of aliphatic carboxylic acids is 1. The number of carboxylic acids is 1. The van der Waals surface area contributed by atoms with Crippen LogP contribution >= 0.6 is 24.0 Å². The van der Waals surface area contributed by atoms with Crippen LogP contribution in [0.2, 0.25) is 0 Å². The number of anilines is 1. The lowest BCUT2D eigenvalue weighted by atomic mass is 10.2. The van der Waals surface area contributed by atoms with Gasteiger partial charge in [-0.1, -0.05) is 30.4 Å². The van der Waals surface area contributed by atoms with E-state index in [0.29, 0.717) is 54.0 Å². The molecule has 1 aromatic rings. The second kappa shape index (κ2) is 9.38. The zero-order valence-electron chi connectivity index (χ0n) is 14.8. The van der Waals surface area contributed by atoms with Crippen molar-refractivity contribution in [2.75, 3.05) is 37.7 Å². The molecule has 2 saturated heterocycles. The van der Waals surface area contributed by atoms with E-state index in [-0.39, 0.29) is 12.3 Å². The highest BCUT2D eigenvalue weighted by Gasteiger charge is 2.31. The Labute approximate surface area is 167 Å². The molecule has 1 amide bonds. The van der Waals surface area contributed by atoms with Gasteiger partial charge in [-0.15, -0.1) is 0 Å². The van der Waals surface area contributed by atoms with Gasteiger partial charge in [-0.05, 0) is 25.3 Å². The van der Waals surface area contributed by atoms with Crippen molar-refractivity contribution in [1.29, 1.82) is 0 Å². The molecule has 0 unspecified atom stereocenters. The molecule has 3 heterocycles. The fourth-order valence-electron chi connectivity index (χ4n) is 2.91. The molecule has 0 bridgehead atoms. The Morgan fingerprint density at radius 1 is 1.26 bits per heavy atom. The first kappa shape index (κ1) is 19.9. The minimum Gasteiger partial charge on any atom is -0.550 e. The Kier molecular flexibility index (Phi) is 6.92. The van der Waals surface area contributed by atoms with Gasteiger partial charge in [0, 0.05) is 37.7 Å². The second-order valence-electron chi connectivity index (χ2n) is 6.29. The maximum atomic E-state index is 12.6. The molecule has 9 heteroatoms. The Hall–Kier alpha value is -1.84. The summed E-state index contributed by atoms with van der Waals surface area (Å²) in [6.07, 6.45) is 3.73. The largest absolute Gasteiger partial charge is 0.550 e. The predicted molar refractivity (Wildman–Crippen MR) is 105 cm³/mol. The Morgan fingerprint density at radius 3 is 2.78 bits per heavy atom. The van der Waals surface area contributed by atoms with E-state index in [0.717, 1.165) is 19.0 Å². The number of morpholine rings is 1. The average molecular weight is 410 g/mol. The van der Waals surface area contributed by atoms with Crippen LogP contribution in [0.15, 0.2) is 21.5 Å². The molecule has 7 nitrogen and oxygen atoms in total. The highest BCUT2D eigenvalue weighted by atomic mass is 32.2. The smallest absolute Gasteiger partial charge is 0.266 e. The molecule has 2 aliphatic rings. The van der Waals surface area contributed by atoms with E-state index in [1.807, 2.05) is 12.1 Å². The van der Waals surface area contributed by atoms with Crippen molar-refractivity contribution >= 4 is 52.1 Å². The average Bonchev–Trinajstić information content (AvgIpc) is 3.22. The van der Waals surface area contributed by atoms with Gasteiger partial charge in [0.2, 0.25) is 0 Å².